The second kappa shape index (κ2) is 4.69. The fourth-order valence-corrected chi connectivity index (χ4v) is 3.75. The van der Waals surface area contributed by atoms with Gasteiger partial charge in [0, 0.05) is 0 Å². The average molecular weight is 269 g/mol. The van der Waals surface area contributed by atoms with Gasteiger partial charge in [0.2, 0.25) is 0 Å². The molecule has 0 aliphatic rings. The Morgan fingerprint density at radius 3 is 1.78 bits per heavy atom. The Kier molecular flexibility index (Phi) is 3.54. The first-order valence-corrected chi connectivity index (χ1v) is 7.64. The Bertz CT molecular complexity index is 536. The van der Waals surface area contributed by atoms with Crippen LogP contribution in [0.3, 0.4) is 0 Å². The van der Waals surface area contributed by atoms with Crippen LogP contribution in [0.2, 0.25) is 0 Å². The van der Waals surface area contributed by atoms with Crippen LogP contribution in [0.15, 0.2) is 30.3 Å². The number of benzene rings is 1. The van der Waals surface area contributed by atoms with Crippen LogP contribution >= 0.6 is 0 Å². The van der Waals surface area contributed by atoms with Crippen LogP contribution in [0, 0.1) is 5.41 Å². The third-order valence-electron chi connectivity index (χ3n) is 2.79. The van der Waals surface area contributed by atoms with Crippen LogP contribution in [0.5, 0.6) is 0 Å². The van der Waals surface area contributed by atoms with Crippen molar-refractivity contribution >= 4 is 9.84 Å². The summed E-state index contributed by atoms with van der Waals surface area (Å²) >= 11 is 0. The van der Waals surface area contributed by atoms with E-state index in [1.807, 2.05) is 6.07 Å². The minimum atomic E-state index is -3.68. The lowest BCUT2D eigenvalue weighted by Gasteiger charge is -2.35. The smallest absolute Gasteiger partial charge is 0.162 e. The van der Waals surface area contributed by atoms with Gasteiger partial charge in [-0.15, -0.1) is 0 Å². The predicted octanol–water partition coefficient (Wildman–Crippen LogP) is 3.99. The zero-order chi connectivity index (χ0) is 15.1. The quantitative estimate of drug-likeness (QED) is 0.813. The van der Waals surface area contributed by atoms with Crippen LogP contribution in [0.1, 0.15) is 53.7 Å². The Labute approximate surface area is 113 Å². The van der Waals surface area contributed by atoms with Gasteiger partial charge in [0.05, 0.1) is 11.3 Å². The van der Waals surface area contributed by atoms with Crippen molar-refractivity contribution in [3.8, 4) is 0 Å². The first kappa shape index (κ1) is 13.6. The second-order valence-electron chi connectivity index (χ2n) is 6.56. The van der Waals surface area contributed by atoms with E-state index in [0.717, 1.165) is 0 Å². The molecular weight excluding hydrogens is 244 g/mol. The molecule has 1 rings (SSSR count). The molecule has 0 aromatic heterocycles. The van der Waals surface area contributed by atoms with Crippen LogP contribution in [-0.2, 0) is 9.84 Å². The molecule has 18 heavy (non-hydrogen) atoms. The van der Waals surface area contributed by atoms with E-state index in [1.165, 1.54) is 0 Å². The molecule has 0 fully saturated rings. The molecule has 0 unspecified atom stereocenters. The third kappa shape index (κ3) is 2.94. The van der Waals surface area contributed by atoms with Gasteiger partial charge in [-0.05, 0) is 31.7 Å². The highest BCUT2D eigenvalue weighted by Gasteiger charge is 2.44. The molecule has 2 nitrogen and oxygen atoms in total. The first-order valence-electron chi connectivity index (χ1n) is 6.65. The topological polar surface area (TPSA) is 34.1 Å². The fourth-order valence-electron chi connectivity index (χ4n) is 1.89. The summed E-state index contributed by atoms with van der Waals surface area (Å²) in [6.07, 6.45) is 0. The minimum absolute atomic E-state index is 0.525. The molecule has 0 aliphatic carbocycles. The summed E-state index contributed by atoms with van der Waals surface area (Å²) < 4.78 is 33.7. The van der Waals surface area contributed by atoms with Crippen LogP contribution < -0.4 is 0 Å². The van der Waals surface area contributed by atoms with Gasteiger partial charge in [0.25, 0.3) is 0 Å². The lowest BCUT2D eigenvalue weighted by atomic mass is 9.87. The van der Waals surface area contributed by atoms with Crippen molar-refractivity contribution in [2.75, 3.05) is 0 Å². The molecular formula is C15H24O2S. The molecule has 0 aliphatic heterocycles. The third-order valence-corrected chi connectivity index (χ3v) is 5.79. The Morgan fingerprint density at radius 1 is 1.00 bits per heavy atom. The average Bonchev–Trinajstić information content (AvgIpc) is 2.25. The first-order chi connectivity index (χ1) is 8.36. The largest absolute Gasteiger partial charge is 0.228 e. The highest BCUT2D eigenvalue weighted by molar-refractivity contribution is 7.93. The van der Waals surface area contributed by atoms with Crippen molar-refractivity contribution in [1.29, 1.82) is 0 Å². The molecule has 0 heterocycles. The molecule has 1 atom stereocenters. The standard InChI is InChI=1S/C15H24O2S/c1-14(2,3)13(12-10-8-7-9-11-12)18(16,17)15(4,5)6/h7-11,13H,1-6H3/t13-/m1/s1/i13D. The number of rotatable bonds is 2. The number of hydrogen-bond donors (Lipinski definition) is 0. The fraction of sp³-hybridized carbons (Fsp3) is 0.600. The zero-order valence-corrected chi connectivity index (χ0v) is 12.9. The summed E-state index contributed by atoms with van der Waals surface area (Å²) in [5.74, 6) is 0. The van der Waals surface area contributed by atoms with Crippen molar-refractivity contribution in [3.63, 3.8) is 0 Å². The van der Waals surface area contributed by atoms with Crippen LogP contribution in [0.25, 0.3) is 0 Å². The van der Waals surface area contributed by atoms with Gasteiger partial charge < -0.3 is 0 Å². The van der Waals surface area contributed by atoms with E-state index >= 15 is 0 Å². The van der Waals surface area contributed by atoms with Crippen molar-refractivity contribution < 1.29 is 9.79 Å². The van der Waals surface area contributed by atoms with Crippen molar-refractivity contribution in [3.05, 3.63) is 35.9 Å². The highest BCUT2D eigenvalue weighted by atomic mass is 32.2. The summed E-state index contributed by atoms with van der Waals surface area (Å²) in [5.41, 5.74) is -0.196. The predicted molar refractivity (Wildman–Crippen MR) is 77.3 cm³/mol. The molecule has 3 heteroatoms. The molecule has 1 aromatic rings. The lowest BCUT2D eigenvalue weighted by Crippen LogP contribution is -2.38. The Morgan fingerprint density at radius 2 is 1.44 bits per heavy atom. The van der Waals surface area contributed by atoms with Gasteiger partial charge >= 0.3 is 0 Å². The Hall–Kier alpha value is -0.830. The van der Waals surface area contributed by atoms with E-state index in [1.54, 1.807) is 65.8 Å². The molecule has 0 spiro atoms. The minimum Gasteiger partial charge on any atom is -0.228 e. The van der Waals surface area contributed by atoms with E-state index in [-0.39, 0.29) is 0 Å². The molecule has 102 valence electrons. The number of hydrogen-bond acceptors (Lipinski definition) is 2. The van der Waals surface area contributed by atoms with E-state index in [2.05, 4.69) is 0 Å². The normalized spacial score (nSPS) is 18.0. The summed E-state index contributed by atoms with van der Waals surface area (Å²) in [4.78, 5) is 0. The summed E-state index contributed by atoms with van der Waals surface area (Å²) in [6.45, 7) is 10.4. The molecule has 0 saturated heterocycles. The van der Waals surface area contributed by atoms with Crippen molar-refractivity contribution in [2.45, 2.75) is 51.5 Å². The summed E-state index contributed by atoms with van der Waals surface area (Å²) in [5, 5.41) is -1.67. The molecule has 0 saturated carbocycles. The van der Waals surface area contributed by atoms with Gasteiger partial charge in [-0.1, -0.05) is 51.1 Å². The SMILES string of the molecule is [2H][C@@](c1ccccc1)(C(C)(C)C)S(=O)(=O)C(C)(C)C. The molecule has 0 radical (unpaired) electrons. The summed E-state index contributed by atoms with van der Waals surface area (Å²) in [7, 11) is -3.68. The van der Waals surface area contributed by atoms with E-state index in [9.17, 15) is 8.42 Å². The van der Waals surface area contributed by atoms with Crippen LogP contribution in [0.4, 0.5) is 0 Å². The molecule has 1 aromatic carbocycles. The van der Waals surface area contributed by atoms with Crippen LogP contribution in [-0.4, -0.2) is 13.2 Å². The van der Waals surface area contributed by atoms with Gasteiger partial charge in [-0.3, -0.25) is 0 Å². The maximum atomic E-state index is 12.9. The lowest BCUT2D eigenvalue weighted by molar-refractivity contribution is 0.376. The highest BCUT2D eigenvalue weighted by Crippen LogP contribution is 2.43. The van der Waals surface area contributed by atoms with Crippen molar-refractivity contribution in [1.82, 2.24) is 0 Å². The Balaban J connectivity index is 3.67. The maximum Gasteiger partial charge on any atom is 0.162 e. The van der Waals surface area contributed by atoms with Crippen molar-refractivity contribution in [2.24, 2.45) is 5.41 Å². The zero-order valence-electron chi connectivity index (χ0n) is 13.1. The second-order valence-corrected chi connectivity index (χ2v) is 9.20. The molecule has 0 amide bonds. The maximum absolute atomic E-state index is 12.9. The van der Waals surface area contributed by atoms with Gasteiger partial charge in [0.1, 0.15) is 0 Å². The molecule has 0 bridgehead atoms. The van der Waals surface area contributed by atoms with Gasteiger partial charge in [-0.2, -0.15) is 0 Å². The van der Waals surface area contributed by atoms with E-state index in [4.69, 9.17) is 1.37 Å². The van der Waals surface area contributed by atoms with E-state index < -0.39 is 25.2 Å². The van der Waals surface area contributed by atoms with E-state index in [0.29, 0.717) is 5.56 Å². The number of sulfone groups is 1. The monoisotopic (exact) mass is 269 g/mol. The molecule has 0 N–H and O–H groups in total. The van der Waals surface area contributed by atoms with Gasteiger partial charge in [0.15, 0.2) is 9.84 Å². The summed E-state index contributed by atoms with van der Waals surface area (Å²) in [6, 6.07) is 8.84. The van der Waals surface area contributed by atoms with Gasteiger partial charge in [-0.25, -0.2) is 8.42 Å².